The Kier molecular flexibility index (Phi) is 2.80. The van der Waals surface area contributed by atoms with Crippen molar-refractivity contribution in [3.05, 3.63) is 40.1 Å². The van der Waals surface area contributed by atoms with E-state index in [4.69, 9.17) is 0 Å². The van der Waals surface area contributed by atoms with Crippen LogP contribution >= 0.6 is 0 Å². The first kappa shape index (κ1) is 9.45. The third kappa shape index (κ3) is 2.15. The molecule has 0 aliphatic rings. The van der Waals surface area contributed by atoms with Gasteiger partial charge >= 0.3 is 0 Å². The van der Waals surface area contributed by atoms with Crippen LogP contribution in [0, 0.1) is 0 Å². The molecule has 1 aromatic heterocycles. The van der Waals surface area contributed by atoms with E-state index in [1.807, 2.05) is 13.8 Å². The van der Waals surface area contributed by atoms with Crippen molar-refractivity contribution >= 4 is 12.2 Å². The van der Waals surface area contributed by atoms with Crippen molar-refractivity contribution in [3.63, 3.8) is 0 Å². The van der Waals surface area contributed by atoms with Gasteiger partial charge in [-0.3, -0.25) is 4.79 Å². The summed E-state index contributed by atoms with van der Waals surface area (Å²) in [6.07, 6.45) is 4.74. The molecule has 0 saturated carbocycles. The van der Waals surface area contributed by atoms with Crippen LogP contribution in [-0.4, -0.2) is 9.97 Å². The summed E-state index contributed by atoms with van der Waals surface area (Å²) in [5, 5.41) is 0. The molecule has 0 aliphatic carbocycles. The summed E-state index contributed by atoms with van der Waals surface area (Å²) in [4.78, 5) is 17.9. The Hall–Kier alpha value is -1.64. The fraction of sp³-hybridized carbons (Fsp3) is 0.200. The van der Waals surface area contributed by atoms with Crippen molar-refractivity contribution in [1.29, 1.82) is 0 Å². The van der Waals surface area contributed by atoms with E-state index in [0.717, 1.165) is 5.57 Å². The molecule has 1 N–H and O–H groups in total. The summed E-state index contributed by atoms with van der Waals surface area (Å²) in [7, 11) is 0. The molecule has 0 bridgehead atoms. The number of aromatic nitrogens is 2. The number of aromatic amines is 1. The summed E-state index contributed by atoms with van der Waals surface area (Å²) in [5.74, 6) is 0. The minimum absolute atomic E-state index is 0.133. The van der Waals surface area contributed by atoms with Gasteiger partial charge in [-0.05, 0) is 26.0 Å². The van der Waals surface area contributed by atoms with Gasteiger partial charge in [-0.1, -0.05) is 12.2 Å². The number of hydrogen-bond donors (Lipinski definition) is 1. The maximum absolute atomic E-state index is 11.3. The van der Waals surface area contributed by atoms with Crippen LogP contribution in [0.1, 0.15) is 25.1 Å². The fourth-order valence-corrected chi connectivity index (χ4v) is 1.01. The largest absolute Gasteiger partial charge is 0.313 e. The monoisotopic (exact) mass is 176 g/mol. The van der Waals surface area contributed by atoms with Crippen molar-refractivity contribution in [3.8, 4) is 0 Å². The van der Waals surface area contributed by atoms with Gasteiger partial charge in [-0.15, -0.1) is 0 Å². The lowest BCUT2D eigenvalue weighted by atomic mass is 10.1. The second-order valence-corrected chi connectivity index (χ2v) is 2.96. The molecule has 68 valence electrons. The van der Waals surface area contributed by atoms with Crippen LogP contribution in [-0.2, 0) is 0 Å². The number of allylic oxidation sites excluding steroid dienone is 1. The van der Waals surface area contributed by atoms with Gasteiger partial charge in [-0.2, -0.15) is 0 Å². The summed E-state index contributed by atoms with van der Waals surface area (Å²) in [6.45, 7) is 7.46. The van der Waals surface area contributed by atoms with Crippen LogP contribution in [0.15, 0.2) is 23.3 Å². The Morgan fingerprint density at radius 3 is 2.85 bits per heavy atom. The topological polar surface area (TPSA) is 45.8 Å². The Labute approximate surface area is 76.8 Å². The average Bonchev–Trinajstić information content (AvgIpc) is 2.08. The molecule has 3 nitrogen and oxygen atoms in total. The van der Waals surface area contributed by atoms with Gasteiger partial charge in [0.1, 0.15) is 0 Å². The van der Waals surface area contributed by atoms with Crippen LogP contribution in [0.3, 0.4) is 0 Å². The van der Waals surface area contributed by atoms with E-state index >= 15 is 0 Å². The first-order chi connectivity index (χ1) is 6.15. The Bertz CT molecular complexity index is 398. The number of H-pyrrole nitrogens is 1. The van der Waals surface area contributed by atoms with Crippen molar-refractivity contribution in [1.82, 2.24) is 9.97 Å². The molecule has 0 aromatic carbocycles. The Morgan fingerprint density at radius 2 is 2.31 bits per heavy atom. The van der Waals surface area contributed by atoms with Crippen molar-refractivity contribution in [2.24, 2.45) is 0 Å². The number of hydrogen-bond acceptors (Lipinski definition) is 2. The third-order valence-corrected chi connectivity index (χ3v) is 1.55. The molecular weight excluding hydrogens is 164 g/mol. The molecule has 13 heavy (non-hydrogen) atoms. The average molecular weight is 176 g/mol. The quantitative estimate of drug-likeness (QED) is 0.747. The molecule has 1 heterocycles. The molecule has 0 amide bonds. The standard InChI is InChI=1S/C10H12N2O/c1-4-9-8(5-7(2)3)10(13)12-6-11-9/h4-6H,1H2,2-3H3,(H,11,12,13). The van der Waals surface area contributed by atoms with E-state index in [9.17, 15) is 4.79 Å². The lowest BCUT2D eigenvalue weighted by Gasteiger charge is -1.97. The van der Waals surface area contributed by atoms with Crippen LogP contribution in [0.4, 0.5) is 0 Å². The zero-order valence-electron chi connectivity index (χ0n) is 7.79. The van der Waals surface area contributed by atoms with Gasteiger partial charge in [0.2, 0.25) is 0 Å². The number of rotatable bonds is 2. The van der Waals surface area contributed by atoms with E-state index in [1.54, 1.807) is 12.2 Å². The van der Waals surface area contributed by atoms with E-state index < -0.39 is 0 Å². The highest BCUT2D eigenvalue weighted by molar-refractivity contribution is 5.61. The SMILES string of the molecule is C=Cc1nc[nH]c(=O)c1C=C(C)C. The molecule has 0 atom stereocenters. The second-order valence-electron chi connectivity index (χ2n) is 2.96. The summed E-state index contributed by atoms with van der Waals surface area (Å²) in [6, 6.07) is 0. The van der Waals surface area contributed by atoms with Crippen LogP contribution in [0.2, 0.25) is 0 Å². The van der Waals surface area contributed by atoms with Crippen LogP contribution in [0.5, 0.6) is 0 Å². The van der Waals surface area contributed by atoms with Crippen LogP contribution < -0.4 is 5.56 Å². The van der Waals surface area contributed by atoms with E-state index in [2.05, 4.69) is 16.5 Å². The Morgan fingerprint density at radius 1 is 1.62 bits per heavy atom. The normalized spacial score (nSPS) is 9.38. The molecule has 0 radical (unpaired) electrons. The van der Waals surface area contributed by atoms with Gasteiger partial charge < -0.3 is 4.98 Å². The molecular formula is C10H12N2O. The maximum Gasteiger partial charge on any atom is 0.258 e. The van der Waals surface area contributed by atoms with E-state index in [1.165, 1.54) is 6.33 Å². The predicted octanol–water partition coefficient (Wildman–Crippen LogP) is 1.84. The van der Waals surface area contributed by atoms with Crippen molar-refractivity contribution in [2.45, 2.75) is 13.8 Å². The Balaban J connectivity index is 3.40. The molecule has 0 aliphatic heterocycles. The second kappa shape index (κ2) is 3.85. The third-order valence-electron chi connectivity index (χ3n) is 1.55. The zero-order valence-corrected chi connectivity index (χ0v) is 7.79. The van der Waals surface area contributed by atoms with E-state index in [-0.39, 0.29) is 5.56 Å². The molecule has 0 saturated heterocycles. The molecule has 1 aromatic rings. The lowest BCUT2D eigenvalue weighted by Crippen LogP contribution is -2.11. The molecule has 0 unspecified atom stereocenters. The minimum Gasteiger partial charge on any atom is -0.313 e. The van der Waals surface area contributed by atoms with Gasteiger partial charge in [0, 0.05) is 0 Å². The van der Waals surface area contributed by atoms with Gasteiger partial charge in [-0.25, -0.2) is 4.98 Å². The van der Waals surface area contributed by atoms with Gasteiger partial charge in [0.15, 0.2) is 0 Å². The van der Waals surface area contributed by atoms with E-state index in [0.29, 0.717) is 11.3 Å². The van der Waals surface area contributed by atoms with Crippen molar-refractivity contribution < 1.29 is 0 Å². The summed E-state index contributed by atoms with van der Waals surface area (Å²) in [5.41, 5.74) is 2.11. The molecule has 0 fully saturated rings. The highest BCUT2D eigenvalue weighted by Crippen LogP contribution is 2.05. The molecule has 1 rings (SSSR count). The fourth-order valence-electron chi connectivity index (χ4n) is 1.01. The van der Waals surface area contributed by atoms with Crippen molar-refractivity contribution in [2.75, 3.05) is 0 Å². The maximum atomic E-state index is 11.3. The first-order valence-electron chi connectivity index (χ1n) is 4.00. The highest BCUT2D eigenvalue weighted by atomic mass is 16.1. The number of nitrogens with one attached hydrogen (secondary N) is 1. The molecule has 0 spiro atoms. The van der Waals surface area contributed by atoms with Gasteiger partial charge in [0.05, 0.1) is 17.6 Å². The molecule has 3 heteroatoms. The minimum atomic E-state index is -0.133. The zero-order chi connectivity index (χ0) is 9.84. The highest BCUT2D eigenvalue weighted by Gasteiger charge is 2.01. The lowest BCUT2D eigenvalue weighted by molar-refractivity contribution is 1.09. The summed E-state index contributed by atoms with van der Waals surface area (Å²) >= 11 is 0. The predicted molar refractivity (Wildman–Crippen MR) is 54.3 cm³/mol. The van der Waals surface area contributed by atoms with Gasteiger partial charge in [0.25, 0.3) is 5.56 Å². The smallest absolute Gasteiger partial charge is 0.258 e. The van der Waals surface area contributed by atoms with Crippen LogP contribution in [0.25, 0.3) is 12.2 Å². The first-order valence-corrected chi connectivity index (χ1v) is 4.00. The summed E-state index contributed by atoms with van der Waals surface area (Å²) < 4.78 is 0. The number of nitrogens with zero attached hydrogens (tertiary/aromatic N) is 1.